The summed E-state index contributed by atoms with van der Waals surface area (Å²) < 4.78 is 0. The largest absolute Gasteiger partial charge is 0.353 e. The summed E-state index contributed by atoms with van der Waals surface area (Å²) in [5.74, 6) is 0. The van der Waals surface area contributed by atoms with Crippen LogP contribution in [0.15, 0.2) is 30.4 Å². The third kappa shape index (κ3) is 1.17. The highest BCUT2D eigenvalue weighted by atomic mass is 14.7. The fraction of sp³-hybridized carbons (Fsp3) is 0. The first-order valence-electron chi connectivity index (χ1n) is 3.57. The molecule has 1 heteroatoms. The van der Waals surface area contributed by atoms with E-state index in [9.17, 15) is 0 Å². The van der Waals surface area contributed by atoms with E-state index in [-0.39, 0.29) is 0 Å². The normalized spacial score (nSPS) is 22.9. The summed E-state index contributed by atoms with van der Waals surface area (Å²) in [6.07, 6.45) is 15.1. The van der Waals surface area contributed by atoms with Crippen LogP contribution in [0.1, 0.15) is 11.3 Å². The molecule has 0 saturated heterocycles. The van der Waals surface area contributed by atoms with Gasteiger partial charge in [0.25, 0.3) is 0 Å². The second-order valence-corrected chi connectivity index (χ2v) is 2.39. The first-order chi connectivity index (χ1) is 5.47. The number of allylic oxidation sites excluding steroid dienone is 4. The lowest BCUT2D eigenvalue weighted by Crippen LogP contribution is -1.75. The quantitative estimate of drug-likeness (QED) is 0.572. The lowest BCUT2D eigenvalue weighted by Gasteiger charge is -1.92. The Hall–Kier alpha value is -1.50. The number of rotatable bonds is 0. The highest BCUT2D eigenvalue weighted by Crippen LogP contribution is 2.11. The van der Waals surface area contributed by atoms with Crippen molar-refractivity contribution < 1.29 is 0 Å². The SMILES string of the molecule is [c]1cc2c([nH]1)\C=C/C=C\C=C/2. The van der Waals surface area contributed by atoms with Gasteiger partial charge in [-0.05, 0) is 12.1 Å². The number of hydrogen-bond donors (Lipinski definition) is 1. The van der Waals surface area contributed by atoms with Gasteiger partial charge in [-0.25, -0.2) is 0 Å². The van der Waals surface area contributed by atoms with Gasteiger partial charge in [0.2, 0.25) is 0 Å². The van der Waals surface area contributed by atoms with Gasteiger partial charge in [0.05, 0.1) is 6.20 Å². The zero-order chi connectivity index (χ0) is 7.52. The van der Waals surface area contributed by atoms with Crippen molar-refractivity contribution >= 4 is 12.2 Å². The predicted molar refractivity (Wildman–Crippen MR) is 46.8 cm³/mol. The number of aromatic amines is 1. The van der Waals surface area contributed by atoms with Crippen LogP contribution >= 0.6 is 0 Å². The van der Waals surface area contributed by atoms with Gasteiger partial charge in [-0.2, -0.15) is 0 Å². The van der Waals surface area contributed by atoms with E-state index in [0.29, 0.717) is 0 Å². The maximum atomic E-state index is 3.03. The Morgan fingerprint density at radius 3 is 2.73 bits per heavy atom. The molecule has 2 rings (SSSR count). The fourth-order valence-corrected chi connectivity index (χ4v) is 1.06. The summed E-state index contributed by atoms with van der Waals surface area (Å²) in [6.45, 7) is 0. The number of aromatic nitrogens is 1. The maximum absolute atomic E-state index is 3.03. The molecule has 0 amide bonds. The number of H-pyrrole nitrogens is 1. The average molecular weight is 142 g/mol. The molecule has 1 aliphatic rings. The van der Waals surface area contributed by atoms with Crippen LogP contribution in [0.5, 0.6) is 0 Å². The van der Waals surface area contributed by atoms with Crippen LogP contribution in [0.3, 0.4) is 0 Å². The van der Waals surface area contributed by atoms with Crippen molar-refractivity contribution in [3.05, 3.63) is 47.8 Å². The van der Waals surface area contributed by atoms with E-state index in [4.69, 9.17) is 0 Å². The van der Waals surface area contributed by atoms with Gasteiger partial charge in [0, 0.05) is 11.3 Å². The molecule has 1 nitrogen and oxygen atoms in total. The molecule has 0 saturated carbocycles. The average Bonchev–Trinajstić information content (AvgIpc) is 2.35. The van der Waals surface area contributed by atoms with Crippen molar-refractivity contribution in [1.29, 1.82) is 0 Å². The Morgan fingerprint density at radius 2 is 1.82 bits per heavy atom. The minimum atomic E-state index is 1.12. The monoisotopic (exact) mass is 142 g/mol. The highest BCUT2D eigenvalue weighted by molar-refractivity contribution is 5.65. The van der Waals surface area contributed by atoms with Crippen molar-refractivity contribution in [3.8, 4) is 0 Å². The van der Waals surface area contributed by atoms with Gasteiger partial charge < -0.3 is 4.98 Å². The summed E-state index contributed by atoms with van der Waals surface area (Å²) >= 11 is 0. The summed E-state index contributed by atoms with van der Waals surface area (Å²) in [7, 11) is 0. The third-order valence-electron chi connectivity index (χ3n) is 1.62. The number of nitrogens with one attached hydrogen (secondary N) is 1. The van der Waals surface area contributed by atoms with E-state index in [1.807, 2.05) is 36.4 Å². The molecule has 1 heterocycles. The van der Waals surface area contributed by atoms with E-state index in [1.165, 1.54) is 5.56 Å². The minimum absolute atomic E-state index is 1.12. The summed E-state index contributed by atoms with van der Waals surface area (Å²) in [4.78, 5) is 3.03. The molecule has 53 valence electrons. The Balaban J connectivity index is 2.52. The Bertz CT molecular complexity index is 296. The summed E-state index contributed by atoms with van der Waals surface area (Å²) in [5.41, 5.74) is 2.30. The molecule has 0 aromatic carbocycles. The minimum Gasteiger partial charge on any atom is -0.353 e. The van der Waals surface area contributed by atoms with Gasteiger partial charge in [-0.1, -0.05) is 30.4 Å². The van der Waals surface area contributed by atoms with Crippen LogP contribution in [-0.2, 0) is 0 Å². The highest BCUT2D eigenvalue weighted by Gasteiger charge is 1.95. The van der Waals surface area contributed by atoms with Crippen molar-refractivity contribution in [1.82, 2.24) is 4.98 Å². The molecule has 0 bridgehead atoms. The lowest BCUT2D eigenvalue weighted by molar-refractivity contribution is 1.36. The Morgan fingerprint density at radius 1 is 1.00 bits per heavy atom. The van der Waals surface area contributed by atoms with Crippen LogP contribution in [0.25, 0.3) is 12.2 Å². The molecule has 11 heavy (non-hydrogen) atoms. The van der Waals surface area contributed by atoms with Crippen LogP contribution in [0.4, 0.5) is 0 Å². The zero-order valence-corrected chi connectivity index (χ0v) is 6.04. The molecule has 0 unspecified atom stereocenters. The van der Waals surface area contributed by atoms with Crippen molar-refractivity contribution in [2.24, 2.45) is 0 Å². The molecular formula is C10H8N. The van der Waals surface area contributed by atoms with Gasteiger partial charge in [-0.3, -0.25) is 0 Å². The topological polar surface area (TPSA) is 15.8 Å². The second kappa shape index (κ2) is 2.62. The van der Waals surface area contributed by atoms with E-state index < -0.39 is 0 Å². The predicted octanol–water partition coefficient (Wildman–Crippen LogP) is 2.41. The Labute approximate surface area is 65.8 Å². The van der Waals surface area contributed by atoms with Gasteiger partial charge in [0.15, 0.2) is 0 Å². The number of hydrogen-bond acceptors (Lipinski definition) is 0. The van der Waals surface area contributed by atoms with E-state index in [2.05, 4.69) is 17.3 Å². The lowest BCUT2D eigenvalue weighted by atomic mass is 10.2. The number of fused-ring (bicyclic) bond motifs is 1. The molecule has 0 aliphatic heterocycles. The van der Waals surface area contributed by atoms with E-state index in [0.717, 1.165) is 5.69 Å². The van der Waals surface area contributed by atoms with Crippen LogP contribution in [-0.4, -0.2) is 4.98 Å². The summed E-state index contributed by atoms with van der Waals surface area (Å²) in [6, 6.07) is 1.94. The Kier molecular flexibility index (Phi) is 1.48. The smallest absolute Gasteiger partial charge is 0.0630 e. The molecule has 1 radical (unpaired) electrons. The molecule has 0 spiro atoms. The van der Waals surface area contributed by atoms with Crippen LogP contribution in [0.2, 0.25) is 0 Å². The molecule has 1 aromatic heterocycles. The van der Waals surface area contributed by atoms with E-state index >= 15 is 0 Å². The first-order valence-corrected chi connectivity index (χ1v) is 3.57. The van der Waals surface area contributed by atoms with Crippen molar-refractivity contribution in [2.45, 2.75) is 0 Å². The van der Waals surface area contributed by atoms with Gasteiger partial charge >= 0.3 is 0 Å². The maximum Gasteiger partial charge on any atom is 0.0630 e. The van der Waals surface area contributed by atoms with Crippen molar-refractivity contribution in [2.75, 3.05) is 0 Å². The zero-order valence-electron chi connectivity index (χ0n) is 6.04. The van der Waals surface area contributed by atoms with E-state index in [1.54, 1.807) is 0 Å². The molecular weight excluding hydrogens is 134 g/mol. The molecule has 1 aliphatic carbocycles. The molecule has 0 atom stereocenters. The van der Waals surface area contributed by atoms with Gasteiger partial charge in [-0.15, -0.1) is 0 Å². The summed E-state index contributed by atoms with van der Waals surface area (Å²) in [5, 5.41) is 0. The second-order valence-electron chi connectivity index (χ2n) is 2.39. The van der Waals surface area contributed by atoms with Gasteiger partial charge in [0.1, 0.15) is 0 Å². The fourth-order valence-electron chi connectivity index (χ4n) is 1.06. The van der Waals surface area contributed by atoms with Crippen LogP contribution in [0, 0.1) is 6.20 Å². The molecule has 1 aromatic rings. The third-order valence-corrected chi connectivity index (χ3v) is 1.62. The molecule has 1 N–H and O–H groups in total. The van der Waals surface area contributed by atoms with Crippen LogP contribution < -0.4 is 0 Å². The van der Waals surface area contributed by atoms with Crippen molar-refractivity contribution in [3.63, 3.8) is 0 Å². The molecule has 0 fully saturated rings. The first kappa shape index (κ1) is 6.23. The standard InChI is InChI=1S/C10H8N/c1-2-4-6-10-9(5-3-1)7-8-11-10/h1-7,11H/b2-1-,3-1?,4-2?,5-3-,6-4-,9-5?,10-6?.